The second kappa shape index (κ2) is 7.34. The van der Waals surface area contributed by atoms with Crippen molar-refractivity contribution in [3.05, 3.63) is 46.3 Å². The lowest BCUT2D eigenvalue weighted by Crippen LogP contribution is -2.55. The Hall–Kier alpha value is -2.48. The smallest absolute Gasteiger partial charge is 0.280 e. The normalized spacial score (nSPS) is 20.2. The molecule has 158 valence electrons. The van der Waals surface area contributed by atoms with Crippen LogP contribution in [0, 0.1) is 0 Å². The van der Waals surface area contributed by atoms with Gasteiger partial charge in [0.05, 0.1) is 10.5 Å². The van der Waals surface area contributed by atoms with Crippen LogP contribution in [-0.2, 0) is 4.79 Å². The molecule has 9 heteroatoms. The van der Waals surface area contributed by atoms with Gasteiger partial charge < -0.3 is 9.80 Å². The highest BCUT2D eigenvalue weighted by molar-refractivity contribution is 6.36. The number of carbonyl (C=O) groups is 2. The monoisotopic (exact) mass is 434 g/mol. The molecule has 1 saturated heterocycles. The van der Waals surface area contributed by atoms with E-state index < -0.39 is 12.3 Å². The number of rotatable bonds is 4. The van der Waals surface area contributed by atoms with Crippen LogP contribution in [0.25, 0.3) is 5.52 Å². The number of hydrogen-bond acceptors (Lipinski definition) is 3. The third-order valence-corrected chi connectivity index (χ3v) is 6.54. The lowest BCUT2D eigenvalue weighted by atomic mass is 10.1. The predicted octanol–water partition coefficient (Wildman–Crippen LogP) is 3.81. The van der Waals surface area contributed by atoms with E-state index in [1.54, 1.807) is 6.07 Å². The molecule has 5 rings (SSSR count). The van der Waals surface area contributed by atoms with Crippen molar-refractivity contribution < 1.29 is 18.4 Å². The third kappa shape index (κ3) is 3.27. The van der Waals surface area contributed by atoms with E-state index in [-0.39, 0.29) is 40.8 Å². The number of amides is 2. The molecule has 6 nitrogen and oxygen atoms in total. The number of carbonyl (C=O) groups excluding carboxylic acids is 2. The molecule has 0 unspecified atom stereocenters. The van der Waals surface area contributed by atoms with Gasteiger partial charge in [-0.25, -0.2) is 13.3 Å². The minimum atomic E-state index is -2.74. The first kappa shape index (κ1) is 19.5. The summed E-state index contributed by atoms with van der Waals surface area (Å²) >= 11 is 6.43. The third-order valence-electron chi connectivity index (χ3n) is 6.17. The number of pyridine rings is 1. The first-order valence-corrected chi connectivity index (χ1v) is 10.6. The number of nitrogens with zero attached hydrogens (tertiary/aromatic N) is 4. The first-order valence-electron chi connectivity index (χ1n) is 10.2. The molecular weight excluding hydrogens is 414 g/mol. The maximum atomic E-state index is 13.6. The van der Waals surface area contributed by atoms with Gasteiger partial charge in [-0.2, -0.15) is 5.10 Å². The number of hydrogen-bond donors (Lipinski definition) is 0. The molecule has 2 amide bonds. The zero-order valence-electron chi connectivity index (χ0n) is 16.2. The van der Waals surface area contributed by atoms with Crippen LogP contribution in [-0.4, -0.2) is 56.9 Å². The van der Waals surface area contributed by atoms with E-state index >= 15 is 0 Å². The Bertz CT molecular complexity index is 1050. The number of alkyl halides is 2. The van der Waals surface area contributed by atoms with Gasteiger partial charge in [0.15, 0.2) is 5.69 Å². The fourth-order valence-corrected chi connectivity index (χ4v) is 4.62. The van der Waals surface area contributed by atoms with Crippen molar-refractivity contribution in [3.8, 4) is 0 Å². The van der Waals surface area contributed by atoms with Crippen LogP contribution in [0.1, 0.15) is 59.8 Å². The first-order chi connectivity index (χ1) is 14.4. The summed E-state index contributed by atoms with van der Waals surface area (Å²) in [6, 6.07) is 3.35. The lowest BCUT2D eigenvalue weighted by molar-refractivity contribution is -0.137. The van der Waals surface area contributed by atoms with E-state index in [2.05, 4.69) is 17.3 Å². The Balaban J connectivity index is 1.43. The molecule has 1 aliphatic heterocycles. The quantitative estimate of drug-likeness (QED) is 0.688. The van der Waals surface area contributed by atoms with E-state index in [0.29, 0.717) is 18.6 Å². The van der Waals surface area contributed by atoms with Crippen LogP contribution in [0.2, 0.25) is 5.02 Å². The molecule has 2 aromatic heterocycles. The van der Waals surface area contributed by atoms with Crippen molar-refractivity contribution in [2.75, 3.05) is 19.6 Å². The largest absolute Gasteiger partial charge is 0.336 e. The average Bonchev–Trinajstić information content (AvgIpc) is 3.34. The van der Waals surface area contributed by atoms with Crippen molar-refractivity contribution in [1.82, 2.24) is 19.4 Å². The van der Waals surface area contributed by atoms with E-state index in [0.717, 1.165) is 35.8 Å². The molecule has 30 heavy (non-hydrogen) atoms. The van der Waals surface area contributed by atoms with E-state index in [4.69, 9.17) is 11.6 Å². The Labute approximate surface area is 177 Å². The Morgan fingerprint density at radius 2 is 1.90 bits per heavy atom. The Morgan fingerprint density at radius 1 is 1.17 bits per heavy atom. The molecule has 1 saturated carbocycles. The van der Waals surface area contributed by atoms with Crippen molar-refractivity contribution in [3.63, 3.8) is 0 Å². The van der Waals surface area contributed by atoms with Crippen LogP contribution < -0.4 is 0 Å². The summed E-state index contributed by atoms with van der Waals surface area (Å²) in [4.78, 5) is 28.9. The van der Waals surface area contributed by atoms with Gasteiger partial charge in [-0.3, -0.25) is 9.59 Å². The molecular formula is C21H21ClF2N4O2. The van der Waals surface area contributed by atoms with Gasteiger partial charge in [0, 0.05) is 19.1 Å². The molecule has 0 radical (unpaired) electrons. The van der Waals surface area contributed by atoms with Gasteiger partial charge in [0.2, 0.25) is 5.91 Å². The highest BCUT2D eigenvalue weighted by atomic mass is 35.5. The summed E-state index contributed by atoms with van der Waals surface area (Å²) in [6.45, 7) is 0.741. The molecule has 3 heterocycles. The molecule has 3 aliphatic rings. The zero-order chi connectivity index (χ0) is 21.0. The fourth-order valence-electron chi connectivity index (χ4n) is 4.36. The standard InChI is InChI=1S/C21H21ClF2N4O2/c22-18-15-9-13(12-5-6-12)10-16(20(23)24)28(15)25-19(18)21(30)26-7-8-27(17(29)11-26)14-3-1-2-4-14/h1-2,9-10,12,14,20H,3-8,11H2. The van der Waals surface area contributed by atoms with Gasteiger partial charge >= 0.3 is 0 Å². The Morgan fingerprint density at radius 3 is 2.53 bits per heavy atom. The molecule has 0 N–H and O–H groups in total. The van der Waals surface area contributed by atoms with Gasteiger partial charge in [-0.05, 0) is 49.3 Å². The minimum absolute atomic E-state index is 0.0549. The van der Waals surface area contributed by atoms with E-state index in [1.165, 1.54) is 11.0 Å². The van der Waals surface area contributed by atoms with Gasteiger partial charge in [0.1, 0.15) is 12.2 Å². The molecule has 2 aromatic rings. The highest BCUT2D eigenvalue weighted by Gasteiger charge is 2.35. The summed E-state index contributed by atoms with van der Waals surface area (Å²) in [5, 5.41) is 4.18. The molecule has 0 aromatic carbocycles. The van der Waals surface area contributed by atoms with Gasteiger partial charge in [-0.1, -0.05) is 23.8 Å². The summed E-state index contributed by atoms with van der Waals surface area (Å²) in [7, 11) is 0. The van der Waals surface area contributed by atoms with Crippen LogP contribution in [0.5, 0.6) is 0 Å². The number of halogens is 3. The second-order valence-corrected chi connectivity index (χ2v) is 8.54. The minimum Gasteiger partial charge on any atom is -0.336 e. The molecule has 0 atom stereocenters. The van der Waals surface area contributed by atoms with Gasteiger partial charge in [0.25, 0.3) is 12.3 Å². The molecule has 0 spiro atoms. The molecule has 2 fully saturated rings. The molecule has 0 bridgehead atoms. The fraction of sp³-hybridized carbons (Fsp3) is 0.476. The highest BCUT2D eigenvalue weighted by Crippen LogP contribution is 2.42. The molecule has 2 aliphatic carbocycles. The summed E-state index contributed by atoms with van der Waals surface area (Å²) in [5.41, 5.74) is 0.745. The maximum Gasteiger partial charge on any atom is 0.280 e. The van der Waals surface area contributed by atoms with E-state index in [9.17, 15) is 18.4 Å². The summed E-state index contributed by atoms with van der Waals surface area (Å²) < 4.78 is 28.4. The maximum absolute atomic E-state index is 13.6. The summed E-state index contributed by atoms with van der Waals surface area (Å²) in [5.74, 6) is -0.365. The van der Waals surface area contributed by atoms with Gasteiger partial charge in [-0.15, -0.1) is 0 Å². The second-order valence-electron chi connectivity index (χ2n) is 8.16. The lowest BCUT2D eigenvalue weighted by Gasteiger charge is -2.37. The average molecular weight is 435 g/mol. The van der Waals surface area contributed by atoms with Crippen LogP contribution in [0.15, 0.2) is 24.3 Å². The van der Waals surface area contributed by atoms with Crippen LogP contribution in [0.3, 0.4) is 0 Å². The van der Waals surface area contributed by atoms with Crippen molar-refractivity contribution in [1.29, 1.82) is 0 Å². The predicted molar refractivity (Wildman–Crippen MR) is 107 cm³/mol. The van der Waals surface area contributed by atoms with Crippen molar-refractivity contribution >= 4 is 28.9 Å². The summed E-state index contributed by atoms with van der Waals surface area (Å²) in [6.07, 6.45) is 4.95. The van der Waals surface area contributed by atoms with Crippen molar-refractivity contribution in [2.24, 2.45) is 0 Å². The van der Waals surface area contributed by atoms with Crippen LogP contribution >= 0.6 is 11.6 Å². The van der Waals surface area contributed by atoms with Crippen molar-refractivity contribution in [2.45, 2.75) is 44.1 Å². The van der Waals surface area contributed by atoms with Crippen LogP contribution in [0.4, 0.5) is 8.78 Å². The number of aromatic nitrogens is 2. The zero-order valence-corrected chi connectivity index (χ0v) is 17.0. The SMILES string of the molecule is O=C(c1nn2c(C(F)F)cc(C3CC3)cc2c1Cl)N1CCN(C2CC=CC2)C(=O)C1. The van der Waals surface area contributed by atoms with E-state index in [1.807, 2.05) is 4.90 Å². The topological polar surface area (TPSA) is 57.9 Å². The number of fused-ring (bicyclic) bond motifs is 1. The Kier molecular flexibility index (Phi) is 4.76. The number of piperazine rings is 1.